The van der Waals surface area contributed by atoms with Crippen LogP contribution in [0.3, 0.4) is 0 Å². The van der Waals surface area contributed by atoms with Gasteiger partial charge in [-0.1, -0.05) is 68.5 Å². The largest absolute Gasteiger partial charge is 0.207 e. The molecule has 4 rings (SSSR count). The van der Waals surface area contributed by atoms with E-state index in [4.69, 9.17) is 0 Å². The Bertz CT molecular complexity index is 1130. The number of allylic oxidation sites excluding steroid dienone is 2. The van der Waals surface area contributed by atoms with Crippen LogP contribution >= 0.6 is 0 Å². The lowest BCUT2D eigenvalue weighted by molar-refractivity contribution is 0.492. The molecule has 1 aliphatic rings. The Morgan fingerprint density at radius 2 is 1.53 bits per heavy atom. The SMILES string of the molecule is CCc1ccc(-c2ccc(CCc3ccc(C4=CCC(C)CC4)c(F)c3F)cc2)cc1F. The molecular formula is C29H29F3. The minimum absolute atomic E-state index is 0.187. The van der Waals surface area contributed by atoms with Gasteiger partial charge in [0.25, 0.3) is 0 Å². The average Bonchev–Trinajstić information content (AvgIpc) is 2.81. The van der Waals surface area contributed by atoms with Crippen molar-refractivity contribution in [2.24, 2.45) is 5.92 Å². The molecule has 0 aromatic heterocycles. The molecule has 0 saturated carbocycles. The minimum atomic E-state index is -0.731. The molecule has 0 heterocycles. The summed E-state index contributed by atoms with van der Waals surface area (Å²) < 4.78 is 43.6. The summed E-state index contributed by atoms with van der Waals surface area (Å²) in [7, 11) is 0. The van der Waals surface area contributed by atoms with E-state index in [1.807, 2.05) is 43.3 Å². The van der Waals surface area contributed by atoms with Crippen LogP contribution in [-0.4, -0.2) is 0 Å². The highest BCUT2D eigenvalue weighted by Gasteiger charge is 2.19. The molecule has 3 aromatic rings. The van der Waals surface area contributed by atoms with Crippen molar-refractivity contribution in [1.82, 2.24) is 0 Å². The molecule has 1 atom stereocenters. The fraction of sp³-hybridized carbons (Fsp3) is 0.310. The zero-order chi connectivity index (χ0) is 22.7. The molecule has 0 nitrogen and oxygen atoms in total. The fourth-order valence-corrected chi connectivity index (χ4v) is 4.40. The van der Waals surface area contributed by atoms with E-state index in [1.165, 1.54) is 0 Å². The molecule has 1 unspecified atom stereocenters. The van der Waals surface area contributed by atoms with Gasteiger partial charge in [-0.3, -0.25) is 0 Å². The maximum atomic E-state index is 14.8. The van der Waals surface area contributed by atoms with Crippen molar-refractivity contribution in [3.63, 3.8) is 0 Å². The normalized spacial score (nSPS) is 16.2. The highest BCUT2D eigenvalue weighted by atomic mass is 19.2. The predicted molar refractivity (Wildman–Crippen MR) is 126 cm³/mol. The Balaban J connectivity index is 1.44. The molecule has 0 bridgehead atoms. The molecule has 1 aliphatic carbocycles. The van der Waals surface area contributed by atoms with Crippen LogP contribution in [0.15, 0.2) is 60.7 Å². The number of hydrogen-bond acceptors (Lipinski definition) is 0. The van der Waals surface area contributed by atoms with Crippen molar-refractivity contribution in [3.05, 3.63) is 100 Å². The van der Waals surface area contributed by atoms with Crippen LogP contribution < -0.4 is 0 Å². The highest BCUT2D eigenvalue weighted by molar-refractivity contribution is 5.67. The van der Waals surface area contributed by atoms with Gasteiger partial charge in [-0.2, -0.15) is 0 Å². The summed E-state index contributed by atoms with van der Waals surface area (Å²) in [5.41, 5.74) is 5.24. The van der Waals surface area contributed by atoms with Crippen molar-refractivity contribution < 1.29 is 13.2 Å². The van der Waals surface area contributed by atoms with Gasteiger partial charge in [0.2, 0.25) is 0 Å². The standard InChI is InChI=1S/C29H29F3/c1-3-21-14-15-25(18-27(21)30)22-11-6-20(7-12-22)8-13-24-16-17-26(29(32)28(24)31)23-9-4-19(2)5-10-23/h6-7,9,11-12,14-19H,3-5,8,10,13H2,1-2H3. The molecule has 3 heteroatoms. The Morgan fingerprint density at radius 3 is 2.19 bits per heavy atom. The van der Waals surface area contributed by atoms with Crippen molar-refractivity contribution >= 4 is 5.57 Å². The monoisotopic (exact) mass is 434 g/mol. The third kappa shape index (κ3) is 4.82. The first-order valence-electron chi connectivity index (χ1n) is 11.5. The molecule has 0 N–H and O–H groups in total. The van der Waals surface area contributed by atoms with E-state index in [1.54, 1.807) is 18.2 Å². The van der Waals surface area contributed by atoms with Crippen LogP contribution in [0.25, 0.3) is 16.7 Å². The van der Waals surface area contributed by atoms with Gasteiger partial charge in [-0.05, 0) is 83.9 Å². The number of hydrogen-bond donors (Lipinski definition) is 0. The van der Waals surface area contributed by atoms with Gasteiger partial charge in [0, 0.05) is 5.56 Å². The van der Waals surface area contributed by atoms with E-state index in [2.05, 4.69) is 13.0 Å². The summed E-state index contributed by atoms with van der Waals surface area (Å²) in [6.07, 6.45) is 6.49. The summed E-state index contributed by atoms with van der Waals surface area (Å²) >= 11 is 0. The molecule has 0 radical (unpaired) electrons. The third-order valence-corrected chi connectivity index (χ3v) is 6.59. The molecule has 0 amide bonds. The van der Waals surface area contributed by atoms with Crippen LogP contribution in [0.2, 0.25) is 0 Å². The van der Waals surface area contributed by atoms with Gasteiger partial charge < -0.3 is 0 Å². The van der Waals surface area contributed by atoms with E-state index in [-0.39, 0.29) is 5.82 Å². The van der Waals surface area contributed by atoms with Crippen LogP contribution in [0.4, 0.5) is 13.2 Å². The zero-order valence-electron chi connectivity index (χ0n) is 18.7. The highest BCUT2D eigenvalue weighted by Crippen LogP contribution is 2.33. The number of rotatable bonds is 6. The van der Waals surface area contributed by atoms with Gasteiger partial charge in [-0.15, -0.1) is 0 Å². The lowest BCUT2D eigenvalue weighted by Crippen LogP contribution is -2.05. The Kier molecular flexibility index (Phi) is 6.83. The quantitative estimate of drug-likeness (QED) is 0.366. The van der Waals surface area contributed by atoms with Crippen molar-refractivity contribution in [2.45, 2.75) is 52.4 Å². The van der Waals surface area contributed by atoms with Crippen LogP contribution in [0, 0.1) is 23.4 Å². The van der Waals surface area contributed by atoms with E-state index in [0.717, 1.165) is 41.5 Å². The summed E-state index contributed by atoms with van der Waals surface area (Å²) in [6.45, 7) is 4.11. The van der Waals surface area contributed by atoms with E-state index < -0.39 is 11.6 Å². The second kappa shape index (κ2) is 9.77. The fourth-order valence-electron chi connectivity index (χ4n) is 4.40. The first-order valence-corrected chi connectivity index (χ1v) is 11.5. The molecule has 166 valence electrons. The Hall–Kier alpha value is -2.81. The van der Waals surface area contributed by atoms with Gasteiger partial charge in [-0.25, -0.2) is 13.2 Å². The van der Waals surface area contributed by atoms with Gasteiger partial charge in [0.05, 0.1) is 0 Å². The molecule has 0 aliphatic heterocycles. The number of aryl methyl sites for hydroxylation is 3. The summed E-state index contributed by atoms with van der Waals surface area (Å²) in [5.74, 6) is -1.04. The maximum Gasteiger partial charge on any atom is 0.166 e. The smallest absolute Gasteiger partial charge is 0.166 e. The van der Waals surface area contributed by atoms with Crippen molar-refractivity contribution in [2.75, 3.05) is 0 Å². The van der Waals surface area contributed by atoms with E-state index in [0.29, 0.717) is 41.9 Å². The van der Waals surface area contributed by atoms with E-state index in [9.17, 15) is 13.2 Å². The van der Waals surface area contributed by atoms with Crippen LogP contribution in [-0.2, 0) is 19.3 Å². The lowest BCUT2D eigenvalue weighted by Gasteiger charge is -2.19. The molecular weight excluding hydrogens is 405 g/mol. The Labute approximate surface area is 188 Å². The predicted octanol–water partition coefficient (Wildman–Crippen LogP) is 8.32. The molecule has 0 fully saturated rings. The summed E-state index contributed by atoms with van der Waals surface area (Å²) in [4.78, 5) is 0. The number of benzene rings is 3. The van der Waals surface area contributed by atoms with Gasteiger partial charge >= 0.3 is 0 Å². The van der Waals surface area contributed by atoms with Gasteiger partial charge in [0.1, 0.15) is 5.82 Å². The first-order chi connectivity index (χ1) is 15.5. The third-order valence-electron chi connectivity index (χ3n) is 6.59. The lowest BCUT2D eigenvalue weighted by atomic mass is 9.87. The van der Waals surface area contributed by atoms with Crippen molar-refractivity contribution in [1.29, 1.82) is 0 Å². The second-order valence-electron chi connectivity index (χ2n) is 8.87. The first kappa shape index (κ1) is 22.4. The summed E-state index contributed by atoms with van der Waals surface area (Å²) in [6, 6.07) is 16.6. The maximum absolute atomic E-state index is 14.8. The number of halogens is 3. The molecule has 0 spiro atoms. The minimum Gasteiger partial charge on any atom is -0.207 e. The molecule has 32 heavy (non-hydrogen) atoms. The Morgan fingerprint density at radius 1 is 0.812 bits per heavy atom. The molecule has 3 aromatic carbocycles. The van der Waals surface area contributed by atoms with Crippen LogP contribution in [0.5, 0.6) is 0 Å². The second-order valence-corrected chi connectivity index (χ2v) is 8.87. The topological polar surface area (TPSA) is 0 Å². The average molecular weight is 435 g/mol. The van der Waals surface area contributed by atoms with E-state index >= 15 is 0 Å². The zero-order valence-corrected chi connectivity index (χ0v) is 18.7. The van der Waals surface area contributed by atoms with Crippen molar-refractivity contribution in [3.8, 4) is 11.1 Å². The van der Waals surface area contributed by atoms with Gasteiger partial charge in [0.15, 0.2) is 11.6 Å². The summed E-state index contributed by atoms with van der Waals surface area (Å²) in [5, 5.41) is 0. The molecule has 0 saturated heterocycles. The van der Waals surface area contributed by atoms with Crippen LogP contribution in [0.1, 0.15) is 55.4 Å².